The van der Waals surface area contributed by atoms with Gasteiger partial charge in [-0.1, -0.05) is 12.1 Å². The first-order chi connectivity index (χ1) is 11.6. The second kappa shape index (κ2) is 7.47. The van der Waals surface area contributed by atoms with Gasteiger partial charge in [0, 0.05) is 12.7 Å². The number of amides is 1. The fourth-order valence-electron chi connectivity index (χ4n) is 3.14. The lowest BCUT2D eigenvalue weighted by molar-refractivity contribution is -0.137. The zero-order valence-electron chi connectivity index (χ0n) is 14.4. The van der Waals surface area contributed by atoms with Crippen molar-refractivity contribution in [3.63, 3.8) is 0 Å². The molecule has 1 fully saturated rings. The van der Waals surface area contributed by atoms with Gasteiger partial charge >= 0.3 is 0 Å². The zero-order chi connectivity index (χ0) is 16.9. The lowest BCUT2D eigenvalue weighted by atomic mass is 9.99. The van der Waals surface area contributed by atoms with Crippen LogP contribution in [0.2, 0.25) is 0 Å². The summed E-state index contributed by atoms with van der Waals surface area (Å²) < 4.78 is 5.73. The first-order valence-corrected chi connectivity index (χ1v) is 8.55. The Labute approximate surface area is 143 Å². The van der Waals surface area contributed by atoms with Crippen molar-refractivity contribution < 1.29 is 9.53 Å². The number of hydrogen-bond donors (Lipinski definition) is 0. The summed E-state index contributed by atoms with van der Waals surface area (Å²) in [7, 11) is 0. The standard InChI is InChI=1S/C20H24N2O2/c1-15-9-10-17(13-16(15)2)24-14-20(23)22-12-6-4-8-19(22)18-7-3-5-11-21-18/h3,5,7,9-11,13,19H,4,6,8,12,14H2,1-2H3/t19-/m1/s1. The Morgan fingerprint density at radius 1 is 1.21 bits per heavy atom. The molecule has 0 radical (unpaired) electrons. The van der Waals surface area contributed by atoms with Crippen molar-refractivity contribution in [3.05, 3.63) is 59.4 Å². The van der Waals surface area contributed by atoms with Crippen LogP contribution in [0.1, 0.15) is 42.1 Å². The predicted molar refractivity (Wildman–Crippen MR) is 94.0 cm³/mol. The zero-order valence-corrected chi connectivity index (χ0v) is 14.4. The number of aryl methyl sites for hydroxylation is 2. The van der Waals surface area contributed by atoms with Crippen LogP contribution in [0.3, 0.4) is 0 Å². The van der Waals surface area contributed by atoms with Gasteiger partial charge in [0.15, 0.2) is 6.61 Å². The minimum atomic E-state index is 0.0311. The number of piperidine rings is 1. The van der Waals surface area contributed by atoms with E-state index in [9.17, 15) is 4.79 Å². The fourth-order valence-corrected chi connectivity index (χ4v) is 3.14. The van der Waals surface area contributed by atoms with Gasteiger partial charge in [0.25, 0.3) is 5.91 Å². The molecule has 0 saturated carbocycles. The monoisotopic (exact) mass is 324 g/mol. The number of aromatic nitrogens is 1. The van der Waals surface area contributed by atoms with Crippen molar-refractivity contribution in [1.29, 1.82) is 0 Å². The molecule has 1 atom stereocenters. The number of rotatable bonds is 4. The average molecular weight is 324 g/mol. The van der Waals surface area contributed by atoms with E-state index in [1.165, 1.54) is 11.1 Å². The number of carbonyl (C=O) groups excluding carboxylic acids is 1. The van der Waals surface area contributed by atoms with Crippen LogP contribution in [0.5, 0.6) is 5.75 Å². The Morgan fingerprint density at radius 3 is 2.83 bits per heavy atom. The molecule has 0 unspecified atom stereocenters. The summed E-state index contributed by atoms with van der Waals surface area (Å²) in [5.74, 6) is 0.779. The van der Waals surface area contributed by atoms with Crippen molar-refractivity contribution in [2.45, 2.75) is 39.2 Å². The normalized spacial score (nSPS) is 17.6. The molecular formula is C20H24N2O2. The highest BCUT2D eigenvalue weighted by Crippen LogP contribution is 2.29. The topological polar surface area (TPSA) is 42.4 Å². The van der Waals surface area contributed by atoms with E-state index in [4.69, 9.17) is 4.74 Å². The number of ether oxygens (including phenoxy) is 1. The van der Waals surface area contributed by atoms with E-state index in [2.05, 4.69) is 11.9 Å². The molecule has 1 aliphatic heterocycles. The fraction of sp³-hybridized carbons (Fsp3) is 0.400. The number of pyridine rings is 1. The van der Waals surface area contributed by atoms with E-state index in [1.54, 1.807) is 6.20 Å². The molecule has 0 bridgehead atoms. The minimum Gasteiger partial charge on any atom is -0.484 e. The van der Waals surface area contributed by atoms with Crippen LogP contribution < -0.4 is 4.74 Å². The SMILES string of the molecule is Cc1ccc(OCC(=O)N2CCCC[C@@H]2c2ccccn2)cc1C. The molecule has 0 spiro atoms. The van der Waals surface area contributed by atoms with Crippen LogP contribution in [0.15, 0.2) is 42.6 Å². The van der Waals surface area contributed by atoms with Crippen molar-refractivity contribution >= 4 is 5.91 Å². The second-order valence-corrected chi connectivity index (χ2v) is 6.39. The molecular weight excluding hydrogens is 300 g/mol. The van der Waals surface area contributed by atoms with E-state index in [1.807, 2.05) is 48.2 Å². The molecule has 126 valence electrons. The summed E-state index contributed by atoms with van der Waals surface area (Å²) >= 11 is 0. The summed E-state index contributed by atoms with van der Waals surface area (Å²) in [6.07, 6.45) is 4.92. The lowest BCUT2D eigenvalue weighted by Gasteiger charge is -2.35. The molecule has 1 saturated heterocycles. The number of hydrogen-bond acceptors (Lipinski definition) is 3. The first kappa shape index (κ1) is 16.5. The van der Waals surface area contributed by atoms with Crippen molar-refractivity contribution in [1.82, 2.24) is 9.88 Å². The first-order valence-electron chi connectivity index (χ1n) is 8.55. The third-order valence-electron chi connectivity index (χ3n) is 4.69. The average Bonchev–Trinajstić information content (AvgIpc) is 2.63. The van der Waals surface area contributed by atoms with Gasteiger partial charge in [0.1, 0.15) is 5.75 Å². The molecule has 4 nitrogen and oxygen atoms in total. The number of nitrogens with zero attached hydrogens (tertiary/aromatic N) is 2. The Morgan fingerprint density at radius 2 is 2.08 bits per heavy atom. The van der Waals surface area contributed by atoms with E-state index in [-0.39, 0.29) is 18.6 Å². The van der Waals surface area contributed by atoms with Crippen LogP contribution in [0, 0.1) is 13.8 Å². The quantitative estimate of drug-likeness (QED) is 0.858. The lowest BCUT2D eigenvalue weighted by Crippen LogP contribution is -2.41. The highest BCUT2D eigenvalue weighted by Gasteiger charge is 2.28. The molecule has 2 heterocycles. The highest BCUT2D eigenvalue weighted by atomic mass is 16.5. The van der Waals surface area contributed by atoms with Crippen molar-refractivity contribution in [2.75, 3.05) is 13.2 Å². The highest BCUT2D eigenvalue weighted by molar-refractivity contribution is 5.78. The van der Waals surface area contributed by atoms with Gasteiger partial charge in [0.05, 0.1) is 11.7 Å². The van der Waals surface area contributed by atoms with Gasteiger partial charge in [0.2, 0.25) is 0 Å². The third-order valence-corrected chi connectivity index (χ3v) is 4.69. The van der Waals surface area contributed by atoms with E-state index in [0.29, 0.717) is 0 Å². The summed E-state index contributed by atoms with van der Waals surface area (Å²) in [4.78, 5) is 19.0. The van der Waals surface area contributed by atoms with Gasteiger partial charge < -0.3 is 9.64 Å². The Kier molecular flexibility index (Phi) is 5.14. The maximum atomic E-state index is 12.7. The Balaban J connectivity index is 1.67. The van der Waals surface area contributed by atoms with Gasteiger partial charge in [-0.05, 0) is 68.5 Å². The van der Waals surface area contributed by atoms with E-state index in [0.717, 1.165) is 37.3 Å². The van der Waals surface area contributed by atoms with Gasteiger partial charge in [-0.2, -0.15) is 0 Å². The third kappa shape index (κ3) is 3.75. The maximum Gasteiger partial charge on any atom is 0.261 e. The largest absolute Gasteiger partial charge is 0.484 e. The number of carbonyl (C=O) groups is 1. The van der Waals surface area contributed by atoms with Crippen LogP contribution >= 0.6 is 0 Å². The summed E-state index contributed by atoms with van der Waals surface area (Å²) in [6.45, 7) is 4.96. The molecule has 0 aliphatic carbocycles. The second-order valence-electron chi connectivity index (χ2n) is 6.39. The molecule has 24 heavy (non-hydrogen) atoms. The van der Waals surface area contributed by atoms with Crippen LogP contribution in [-0.4, -0.2) is 28.9 Å². The van der Waals surface area contributed by atoms with Gasteiger partial charge in [-0.3, -0.25) is 9.78 Å². The molecule has 2 aromatic rings. The van der Waals surface area contributed by atoms with E-state index < -0.39 is 0 Å². The van der Waals surface area contributed by atoms with Crippen LogP contribution in [-0.2, 0) is 4.79 Å². The van der Waals surface area contributed by atoms with Crippen LogP contribution in [0.25, 0.3) is 0 Å². The molecule has 0 N–H and O–H groups in total. The summed E-state index contributed by atoms with van der Waals surface area (Å²) in [5, 5.41) is 0. The smallest absolute Gasteiger partial charge is 0.261 e. The molecule has 1 amide bonds. The minimum absolute atomic E-state index is 0.0311. The van der Waals surface area contributed by atoms with Gasteiger partial charge in [-0.25, -0.2) is 0 Å². The van der Waals surface area contributed by atoms with Crippen molar-refractivity contribution in [2.24, 2.45) is 0 Å². The summed E-state index contributed by atoms with van der Waals surface area (Å²) in [5.41, 5.74) is 3.36. The molecule has 4 heteroatoms. The molecule has 1 aromatic heterocycles. The number of likely N-dealkylation sites (tertiary alicyclic amines) is 1. The van der Waals surface area contributed by atoms with Gasteiger partial charge in [-0.15, -0.1) is 0 Å². The molecule has 3 rings (SSSR count). The Hall–Kier alpha value is -2.36. The number of benzene rings is 1. The maximum absolute atomic E-state index is 12.7. The molecule has 1 aromatic carbocycles. The van der Waals surface area contributed by atoms with Crippen molar-refractivity contribution in [3.8, 4) is 5.75 Å². The molecule has 1 aliphatic rings. The summed E-state index contributed by atoms with van der Waals surface area (Å²) in [6, 6.07) is 11.9. The van der Waals surface area contributed by atoms with E-state index >= 15 is 0 Å². The Bertz CT molecular complexity index is 700. The van der Waals surface area contributed by atoms with Crippen LogP contribution in [0.4, 0.5) is 0 Å². The predicted octanol–water partition coefficient (Wildman–Crippen LogP) is 3.83.